The molecule has 0 saturated carbocycles. The number of aromatic nitrogens is 1. The highest BCUT2D eigenvalue weighted by Crippen LogP contribution is 2.50. The molecule has 1 aromatic heterocycles. The first-order valence-corrected chi connectivity index (χ1v) is 15.5. The number of rotatable bonds is 11. The van der Waals surface area contributed by atoms with E-state index in [9.17, 15) is 14.4 Å². The van der Waals surface area contributed by atoms with E-state index in [1.54, 1.807) is 33.5 Å². The van der Waals surface area contributed by atoms with Crippen LogP contribution in [0.15, 0.2) is 65.6 Å². The van der Waals surface area contributed by atoms with E-state index in [4.69, 9.17) is 14.2 Å². The van der Waals surface area contributed by atoms with Crippen LogP contribution in [0.1, 0.15) is 44.4 Å². The molecule has 1 aliphatic rings. The highest BCUT2D eigenvalue weighted by Gasteiger charge is 2.30. The Bertz CT molecular complexity index is 1810. The van der Waals surface area contributed by atoms with E-state index in [2.05, 4.69) is 38.7 Å². The average molecular weight is 627 g/mol. The van der Waals surface area contributed by atoms with Gasteiger partial charge in [0.15, 0.2) is 11.5 Å². The molecule has 3 N–H and O–H groups in total. The first kappa shape index (κ1) is 32.4. The van der Waals surface area contributed by atoms with Crippen LogP contribution >= 0.6 is 0 Å². The summed E-state index contributed by atoms with van der Waals surface area (Å²) in [5.74, 6) is 0.930. The maximum atomic E-state index is 13.8. The largest absolute Gasteiger partial charge is 0.493 e. The lowest BCUT2D eigenvalue weighted by Crippen LogP contribution is -2.44. The summed E-state index contributed by atoms with van der Waals surface area (Å²) in [6, 6.07) is 16.1. The number of benzene rings is 2. The number of carbonyl (C=O) groups excluding carboxylic acids is 2. The second kappa shape index (κ2) is 14.0. The maximum Gasteiger partial charge on any atom is 0.242 e. The minimum Gasteiger partial charge on any atom is -0.493 e. The minimum atomic E-state index is -0.659. The Balaban J connectivity index is 1.49. The van der Waals surface area contributed by atoms with Crippen molar-refractivity contribution in [2.45, 2.75) is 52.2 Å². The Hall–Kier alpha value is -4.99. The first-order chi connectivity index (χ1) is 22.2. The highest BCUT2D eigenvalue weighted by atomic mass is 16.5. The van der Waals surface area contributed by atoms with Crippen LogP contribution in [0, 0.1) is 5.92 Å². The fourth-order valence-corrected chi connectivity index (χ4v) is 6.27. The monoisotopic (exact) mass is 626 g/mol. The number of hydrogen-bond donors (Lipinski definition) is 3. The average Bonchev–Trinajstić information content (AvgIpc) is 3.30. The van der Waals surface area contributed by atoms with E-state index < -0.39 is 12.1 Å². The van der Waals surface area contributed by atoms with E-state index in [-0.39, 0.29) is 28.8 Å². The van der Waals surface area contributed by atoms with Gasteiger partial charge in [0, 0.05) is 37.3 Å². The van der Waals surface area contributed by atoms with E-state index in [1.165, 1.54) is 6.92 Å². The minimum absolute atomic E-state index is 0.111. The molecule has 0 saturated heterocycles. The summed E-state index contributed by atoms with van der Waals surface area (Å²) in [6.07, 6.45) is 3.17. The van der Waals surface area contributed by atoms with Gasteiger partial charge in [-0.1, -0.05) is 38.1 Å². The number of nitrogens with zero attached hydrogens (tertiary/aromatic N) is 1. The molecular weight excluding hydrogens is 584 g/mol. The lowest BCUT2D eigenvalue weighted by atomic mass is 9.95. The van der Waals surface area contributed by atoms with Crippen LogP contribution in [0.5, 0.6) is 17.2 Å². The summed E-state index contributed by atoms with van der Waals surface area (Å²) in [4.78, 5) is 39.5. The Morgan fingerprint density at radius 1 is 0.978 bits per heavy atom. The molecule has 0 radical (unpaired) electrons. The SMILES string of the molecule is COc1cc2c(c(OC)c1OC)-c1ccc(N[C@H](C(=O)NCCn3ccc4ccccc43)C(C)C)c(=O)cc1[C@@H](NC(C)=O)CC2. The van der Waals surface area contributed by atoms with Gasteiger partial charge in [-0.25, -0.2) is 0 Å². The standard InChI is InChI=1S/C36H42N4O6/c1-21(2)33(36(43)37-16-18-40-17-15-23-9-7-8-10-29(23)40)39-28-14-12-25-26(20-30(28)42)27(38-22(3)41)13-11-24-19-31(44-4)34(45-5)35(46-6)32(24)25/h7-10,12,14-15,17,19-21,27,33H,11,13,16,18H2,1-6H3,(H,37,43)(H,38,41)(H,39,42)/t27-,33-/m0/s1. The highest BCUT2D eigenvalue weighted by molar-refractivity contribution is 5.86. The molecule has 0 aliphatic heterocycles. The number of aryl methyl sites for hydroxylation is 1. The van der Waals surface area contributed by atoms with E-state index in [0.717, 1.165) is 27.6 Å². The Labute approximate surface area is 269 Å². The molecule has 0 bridgehead atoms. The van der Waals surface area contributed by atoms with Gasteiger partial charge in [0.05, 0.1) is 33.1 Å². The lowest BCUT2D eigenvalue weighted by molar-refractivity contribution is -0.122. The number of anilines is 1. The Morgan fingerprint density at radius 3 is 2.43 bits per heavy atom. The second-order valence-electron chi connectivity index (χ2n) is 11.8. The van der Waals surface area contributed by atoms with E-state index in [0.29, 0.717) is 48.7 Å². The van der Waals surface area contributed by atoms with Crippen LogP contribution in [0.4, 0.5) is 5.69 Å². The van der Waals surface area contributed by atoms with Crippen molar-refractivity contribution in [2.75, 3.05) is 33.2 Å². The predicted molar refractivity (Wildman–Crippen MR) is 180 cm³/mol. The Kier molecular flexibility index (Phi) is 9.84. The van der Waals surface area contributed by atoms with E-state index in [1.807, 2.05) is 44.3 Å². The molecule has 2 atom stereocenters. The van der Waals surface area contributed by atoms with Crippen molar-refractivity contribution in [1.29, 1.82) is 0 Å². The number of hydrogen-bond acceptors (Lipinski definition) is 7. The van der Waals surface area contributed by atoms with Gasteiger partial charge >= 0.3 is 0 Å². The maximum absolute atomic E-state index is 13.8. The number of para-hydroxylation sites is 1. The van der Waals surface area contributed by atoms with Gasteiger partial charge < -0.3 is 34.7 Å². The third-order valence-electron chi connectivity index (χ3n) is 8.51. The van der Waals surface area contributed by atoms with Crippen molar-refractivity contribution >= 4 is 28.4 Å². The first-order valence-electron chi connectivity index (χ1n) is 15.5. The molecule has 46 heavy (non-hydrogen) atoms. The molecule has 10 nitrogen and oxygen atoms in total. The number of methoxy groups -OCH3 is 3. The van der Waals surface area contributed by atoms with Crippen molar-refractivity contribution in [1.82, 2.24) is 15.2 Å². The smallest absolute Gasteiger partial charge is 0.242 e. The van der Waals surface area contributed by atoms with Crippen LogP contribution in [0.2, 0.25) is 0 Å². The predicted octanol–water partition coefficient (Wildman–Crippen LogP) is 5.07. The van der Waals surface area contributed by atoms with Crippen molar-refractivity contribution in [2.24, 2.45) is 5.92 Å². The normalized spacial score (nSPS) is 14.5. The van der Waals surface area contributed by atoms with Crippen LogP contribution in [0.3, 0.4) is 0 Å². The third-order valence-corrected chi connectivity index (χ3v) is 8.51. The number of carbonyl (C=O) groups is 2. The van der Waals surface area contributed by atoms with Gasteiger partial charge in [-0.3, -0.25) is 14.4 Å². The van der Waals surface area contributed by atoms with Crippen molar-refractivity contribution in [3.8, 4) is 28.4 Å². The van der Waals surface area contributed by atoms with Crippen LogP contribution in [0.25, 0.3) is 22.0 Å². The molecule has 1 aliphatic carbocycles. The molecule has 10 heteroatoms. The molecule has 5 rings (SSSR count). The molecule has 3 aromatic carbocycles. The molecule has 242 valence electrons. The zero-order valence-corrected chi connectivity index (χ0v) is 27.2. The van der Waals surface area contributed by atoms with Gasteiger partial charge in [0.2, 0.25) is 23.0 Å². The summed E-state index contributed by atoms with van der Waals surface area (Å²) in [6.45, 7) is 6.39. The van der Waals surface area contributed by atoms with Gasteiger partial charge in [-0.15, -0.1) is 0 Å². The van der Waals surface area contributed by atoms with Crippen molar-refractivity contribution in [3.05, 3.63) is 82.1 Å². The molecule has 1 heterocycles. The summed E-state index contributed by atoms with van der Waals surface area (Å²) < 4.78 is 19.3. The van der Waals surface area contributed by atoms with Crippen molar-refractivity contribution in [3.63, 3.8) is 0 Å². The van der Waals surface area contributed by atoms with E-state index >= 15 is 0 Å². The summed E-state index contributed by atoms with van der Waals surface area (Å²) >= 11 is 0. The van der Waals surface area contributed by atoms with Crippen molar-refractivity contribution < 1.29 is 23.8 Å². The molecule has 4 aromatic rings. The summed E-state index contributed by atoms with van der Waals surface area (Å²) in [5.41, 5.74) is 4.17. The zero-order valence-electron chi connectivity index (χ0n) is 27.2. The topological polar surface area (TPSA) is 120 Å². The molecule has 0 spiro atoms. The molecule has 2 amide bonds. The third kappa shape index (κ3) is 6.51. The lowest BCUT2D eigenvalue weighted by Gasteiger charge is -2.22. The number of ether oxygens (including phenoxy) is 3. The number of amides is 2. The quantitative estimate of drug-likeness (QED) is 0.213. The fourth-order valence-electron chi connectivity index (χ4n) is 6.27. The summed E-state index contributed by atoms with van der Waals surface area (Å²) in [5, 5.41) is 10.4. The molecule has 0 unspecified atom stereocenters. The molecule has 0 fully saturated rings. The number of fused-ring (bicyclic) bond motifs is 4. The number of nitrogens with one attached hydrogen (secondary N) is 3. The summed E-state index contributed by atoms with van der Waals surface area (Å²) in [7, 11) is 4.68. The van der Waals surface area contributed by atoms with Gasteiger partial charge in [-0.2, -0.15) is 0 Å². The fraction of sp³-hybridized carbons (Fsp3) is 0.361. The van der Waals surface area contributed by atoms with Gasteiger partial charge in [0.25, 0.3) is 0 Å². The second-order valence-corrected chi connectivity index (χ2v) is 11.8. The van der Waals surface area contributed by atoms with Crippen LogP contribution in [-0.2, 0) is 22.6 Å². The van der Waals surface area contributed by atoms with Gasteiger partial charge in [0.1, 0.15) is 6.04 Å². The molecular formula is C36H42N4O6. The van der Waals surface area contributed by atoms with Crippen LogP contribution in [-0.4, -0.2) is 50.3 Å². The Morgan fingerprint density at radius 2 is 1.74 bits per heavy atom. The van der Waals surface area contributed by atoms with Crippen LogP contribution < -0.4 is 35.6 Å². The zero-order chi connectivity index (χ0) is 33.0. The van der Waals surface area contributed by atoms with Gasteiger partial charge in [-0.05, 0) is 71.2 Å².